The van der Waals surface area contributed by atoms with Crippen LogP contribution >= 0.6 is 11.8 Å². The fraction of sp³-hybridized carbons (Fsp3) is 0.500. The van der Waals surface area contributed by atoms with Crippen LogP contribution in [0.15, 0.2) is 29.2 Å². The first kappa shape index (κ1) is 15.4. The molecule has 2 aliphatic rings. The van der Waals surface area contributed by atoms with E-state index < -0.39 is 0 Å². The van der Waals surface area contributed by atoms with Gasteiger partial charge in [-0.3, -0.25) is 9.59 Å². The summed E-state index contributed by atoms with van der Waals surface area (Å²) in [6.45, 7) is 5.13. The van der Waals surface area contributed by atoms with E-state index in [4.69, 9.17) is 4.74 Å². The van der Waals surface area contributed by atoms with Crippen LogP contribution in [0.25, 0.3) is 0 Å². The summed E-state index contributed by atoms with van der Waals surface area (Å²) in [5.41, 5.74) is 0.829. The highest BCUT2D eigenvalue weighted by atomic mass is 32.2. The zero-order valence-electron chi connectivity index (χ0n) is 12.7. The second kappa shape index (κ2) is 6.30. The van der Waals surface area contributed by atoms with Gasteiger partial charge in [0.15, 0.2) is 0 Å². The first-order valence-electron chi connectivity index (χ1n) is 7.52. The third-order valence-corrected chi connectivity index (χ3v) is 5.11. The van der Waals surface area contributed by atoms with Crippen molar-refractivity contribution >= 4 is 29.3 Å². The molecule has 1 aromatic carbocycles. The molecule has 0 radical (unpaired) electrons. The Bertz CT molecular complexity index is 583. The Morgan fingerprint density at radius 1 is 1.32 bits per heavy atom. The number of carbonyl (C=O) groups excluding carboxylic acids is 2. The van der Waals surface area contributed by atoms with Crippen LogP contribution in [-0.2, 0) is 14.3 Å². The number of carbonyl (C=O) groups is 2. The molecule has 118 valence electrons. The number of fused-ring (bicyclic) bond motifs is 1. The van der Waals surface area contributed by atoms with E-state index >= 15 is 0 Å². The molecule has 0 aliphatic carbocycles. The lowest BCUT2D eigenvalue weighted by molar-refractivity contribution is -0.143. The maximum absolute atomic E-state index is 12.5. The monoisotopic (exact) mass is 320 g/mol. The van der Waals surface area contributed by atoms with Crippen LogP contribution in [0.2, 0.25) is 0 Å². The van der Waals surface area contributed by atoms with E-state index in [1.165, 1.54) is 11.8 Å². The predicted octanol–water partition coefficient (Wildman–Crippen LogP) is 2.13. The molecule has 0 bridgehead atoms. The van der Waals surface area contributed by atoms with Crippen LogP contribution in [0.3, 0.4) is 0 Å². The van der Waals surface area contributed by atoms with Crippen molar-refractivity contribution in [2.45, 2.75) is 42.6 Å². The predicted molar refractivity (Wildman–Crippen MR) is 85.9 cm³/mol. The molecule has 0 spiro atoms. The van der Waals surface area contributed by atoms with Gasteiger partial charge in [-0.25, -0.2) is 0 Å². The van der Waals surface area contributed by atoms with Crippen molar-refractivity contribution in [3.05, 3.63) is 24.3 Å². The highest BCUT2D eigenvalue weighted by molar-refractivity contribution is 8.01. The number of nitrogens with one attached hydrogen (secondary N) is 1. The fourth-order valence-electron chi connectivity index (χ4n) is 2.90. The van der Waals surface area contributed by atoms with E-state index in [2.05, 4.69) is 5.32 Å². The van der Waals surface area contributed by atoms with Crippen LogP contribution in [0.5, 0.6) is 0 Å². The average molecular weight is 320 g/mol. The number of amides is 2. The molecule has 0 unspecified atom stereocenters. The SMILES string of the molecule is C[C@@H]1CN(C(=O)C[C@H]2Sc3ccccc3NC2=O)C[C@H](C)O1. The Hall–Kier alpha value is -1.53. The van der Waals surface area contributed by atoms with Crippen LogP contribution in [0.4, 0.5) is 5.69 Å². The number of para-hydroxylation sites is 1. The average Bonchev–Trinajstić information content (AvgIpc) is 2.47. The number of thioether (sulfide) groups is 1. The highest BCUT2D eigenvalue weighted by Crippen LogP contribution is 2.36. The standard InChI is InChI=1S/C16H20N2O3S/c1-10-8-18(9-11(2)21-10)15(19)7-14-16(20)17-12-5-3-4-6-13(12)22-14/h3-6,10-11,14H,7-9H2,1-2H3,(H,17,20)/t10-,11+,14-/m1/s1. The Morgan fingerprint density at radius 3 is 2.73 bits per heavy atom. The van der Waals surface area contributed by atoms with Crippen molar-refractivity contribution in [2.75, 3.05) is 18.4 Å². The van der Waals surface area contributed by atoms with E-state index in [1.807, 2.05) is 43.0 Å². The van der Waals surface area contributed by atoms with Gasteiger partial charge < -0.3 is 15.0 Å². The molecular weight excluding hydrogens is 300 g/mol. The summed E-state index contributed by atoms with van der Waals surface area (Å²) in [4.78, 5) is 27.5. The van der Waals surface area contributed by atoms with Gasteiger partial charge in [0.1, 0.15) is 0 Å². The van der Waals surface area contributed by atoms with E-state index in [0.717, 1.165) is 10.6 Å². The van der Waals surface area contributed by atoms with E-state index in [1.54, 1.807) is 0 Å². The molecule has 0 aromatic heterocycles. The van der Waals surface area contributed by atoms with Crippen LogP contribution in [-0.4, -0.2) is 47.3 Å². The van der Waals surface area contributed by atoms with E-state index in [9.17, 15) is 9.59 Å². The maximum Gasteiger partial charge on any atom is 0.238 e. The molecular formula is C16H20N2O3S. The van der Waals surface area contributed by atoms with Crippen molar-refractivity contribution in [3.8, 4) is 0 Å². The molecule has 1 N–H and O–H groups in total. The molecule has 1 saturated heterocycles. The normalized spacial score (nSPS) is 28.0. The third kappa shape index (κ3) is 3.28. The zero-order chi connectivity index (χ0) is 15.7. The number of nitrogens with zero attached hydrogens (tertiary/aromatic N) is 1. The summed E-state index contributed by atoms with van der Waals surface area (Å²) in [6.07, 6.45) is 0.312. The second-order valence-electron chi connectivity index (χ2n) is 5.85. The summed E-state index contributed by atoms with van der Waals surface area (Å²) in [7, 11) is 0. The molecule has 22 heavy (non-hydrogen) atoms. The Kier molecular flexibility index (Phi) is 4.40. The van der Waals surface area contributed by atoms with Crippen molar-refractivity contribution in [1.29, 1.82) is 0 Å². The van der Waals surface area contributed by atoms with Gasteiger partial charge in [0.2, 0.25) is 11.8 Å². The lowest BCUT2D eigenvalue weighted by atomic mass is 10.2. The largest absolute Gasteiger partial charge is 0.372 e. The van der Waals surface area contributed by atoms with Crippen molar-refractivity contribution in [1.82, 2.24) is 4.90 Å². The number of anilines is 1. The molecule has 2 heterocycles. The fourth-order valence-corrected chi connectivity index (χ4v) is 4.00. The van der Waals surface area contributed by atoms with Crippen LogP contribution in [0, 0.1) is 0 Å². The van der Waals surface area contributed by atoms with Gasteiger partial charge in [-0.15, -0.1) is 11.8 Å². The minimum absolute atomic E-state index is 0.0223. The van der Waals surface area contributed by atoms with Crippen molar-refractivity contribution < 1.29 is 14.3 Å². The zero-order valence-corrected chi connectivity index (χ0v) is 13.6. The molecule has 5 nitrogen and oxygen atoms in total. The Balaban J connectivity index is 1.66. The quantitative estimate of drug-likeness (QED) is 0.907. The number of hydrogen-bond donors (Lipinski definition) is 1. The number of benzene rings is 1. The van der Waals surface area contributed by atoms with Crippen LogP contribution in [0.1, 0.15) is 20.3 Å². The van der Waals surface area contributed by atoms with Gasteiger partial charge in [0.05, 0.1) is 23.1 Å². The number of hydrogen-bond acceptors (Lipinski definition) is 4. The topological polar surface area (TPSA) is 58.6 Å². The molecule has 2 aliphatic heterocycles. The first-order chi connectivity index (χ1) is 10.5. The molecule has 3 atom stereocenters. The molecule has 3 rings (SSSR count). The summed E-state index contributed by atoms with van der Waals surface area (Å²) >= 11 is 1.47. The molecule has 6 heteroatoms. The number of ether oxygens (including phenoxy) is 1. The Labute approximate surface area is 134 Å². The highest BCUT2D eigenvalue weighted by Gasteiger charge is 2.32. The van der Waals surface area contributed by atoms with E-state index in [-0.39, 0.29) is 35.7 Å². The van der Waals surface area contributed by atoms with Gasteiger partial charge in [0, 0.05) is 24.4 Å². The van der Waals surface area contributed by atoms with Crippen LogP contribution < -0.4 is 5.32 Å². The summed E-state index contributed by atoms with van der Waals surface area (Å²) < 4.78 is 5.65. The van der Waals surface area contributed by atoms with Gasteiger partial charge in [-0.05, 0) is 26.0 Å². The molecule has 0 saturated carbocycles. The summed E-state index contributed by atoms with van der Waals surface area (Å²) in [5, 5.41) is 2.52. The minimum atomic E-state index is -0.365. The van der Waals surface area contributed by atoms with Gasteiger partial charge in [0.25, 0.3) is 0 Å². The third-order valence-electron chi connectivity index (χ3n) is 3.84. The van der Waals surface area contributed by atoms with Crippen molar-refractivity contribution in [3.63, 3.8) is 0 Å². The smallest absolute Gasteiger partial charge is 0.238 e. The number of rotatable bonds is 2. The molecule has 1 fully saturated rings. The maximum atomic E-state index is 12.5. The molecule has 1 aromatic rings. The van der Waals surface area contributed by atoms with Gasteiger partial charge in [-0.2, -0.15) is 0 Å². The van der Waals surface area contributed by atoms with Gasteiger partial charge in [-0.1, -0.05) is 12.1 Å². The van der Waals surface area contributed by atoms with E-state index in [0.29, 0.717) is 13.1 Å². The lowest BCUT2D eigenvalue weighted by Crippen LogP contribution is -2.49. The number of morpholine rings is 1. The minimum Gasteiger partial charge on any atom is -0.372 e. The van der Waals surface area contributed by atoms with Gasteiger partial charge >= 0.3 is 0 Å². The summed E-state index contributed by atoms with van der Waals surface area (Å²) in [5.74, 6) is -0.0690. The lowest BCUT2D eigenvalue weighted by Gasteiger charge is -2.36. The second-order valence-corrected chi connectivity index (χ2v) is 7.10. The molecule has 2 amide bonds. The Morgan fingerprint density at radius 2 is 2.00 bits per heavy atom. The first-order valence-corrected chi connectivity index (χ1v) is 8.40. The van der Waals surface area contributed by atoms with Crippen molar-refractivity contribution in [2.24, 2.45) is 0 Å². The summed E-state index contributed by atoms with van der Waals surface area (Å²) in [6, 6.07) is 7.68.